The molecular formula is C15H17NS. The largest absolute Gasteiger partial charge is 0.378 e. The third-order valence-corrected chi connectivity index (χ3v) is 4.34. The smallest absolute Gasteiger partial charge is 0.0517 e. The van der Waals surface area contributed by atoms with Gasteiger partial charge in [0.25, 0.3) is 0 Å². The first-order valence-corrected chi connectivity index (χ1v) is 7.16. The molecule has 0 aliphatic heterocycles. The van der Waals surface area contributed by atoms with Crippen molar-refractivity contribution >= 4 is 17.0 Å². The van der Waals surface area contributed by atoms with Crippen LogP contribution in [-0.2, 0) is 0 Å². The third kappa shape index (κ3) is 2.09. The van der Waals surface area contributed by atoms with Crippen LogP contribution in [0, 0.1) is 0 Å². The lowest BCUT2D eigenvalue weighted by Crippen LogP contribution is -2.18. The Hall–Kier alpha value is -1.28. The average Bonchev–Trinajstić information content (AvgIpc) is 2.86. The molecule has 2 aromatic rings. The Morgan fingerprint density at radius 3 is 2.71 bits per heavy atom. The second-order valence-corrected chi connectivity index (χ2v) is 5.60. The number of nitrogens with one attached hydrogen (secondary N) is 1. The summed E-state index contributed by atoms with van der Waals surface area (Å²) in [6.07, 6.45) is 2.51. The van der Waals surface area contributed by atoms with E-state index in [0.29, 0.717) is 12.0 Å². The Labute approximate surface area is 106 Å². The Morgan fingerprint density at radius 1 is 1.12 bits per heavy atom. The van der Waals surface area contributed by atoms with Crippen LogP contribution in [0.3, 0.4) is 0 Å². The first kappa shape index (κ1) is 10.8. The highest BCUT2D eigenvalue weighted by Gasteiger charge is 2.23. The molecule has 0 fully saturated rings. The second kappa shape index (κ2) is 4.53. The highest BCUT2D eigenvalue weighted by molar-refractivity contribution is 7.08. The Bertz CT molecular complexity index is 489. The number of thiophene rings is 1. The molecule has 3 rings (SSSR count). The number of benzene rings is 1. The normalized spacial score (nSPS) is 23.1. The summed E-state index contributed by atoms with van der Waals surface area (Å²) < 4.78 is 0. The Balaban J connectivity index is 1.90. The fourth-order valence-corrected chi connectivity index (χ4v) is 3.30. The molecule has 0 bridgehead atoms. The summed E-state index contributed by atoms with van der Waals surface area (Å²) in [7, 11) is 0. The highest BCUT2D eigenvalue weighted by atomic mass is 32.1. The molecule has 0 saturated heterocycles. The van der Waals surface area contributed by atoms with Crippen molar-refractivity contribution in [1.82, 2.24) is 0 Å². The molecule has 1 N–H and O–H groups in total. The third-order valence-electron chi connectivity index (χ3n) is 3.65. The molecule has 1 aromatic heterocycles. The molecule has 0 spiro atoms. The molecule has 0 saturated carbocycles. The molecule has 0 amide bonds. The minimum atomic E-state index is 0.483. The quantitative estimate of drug-likeness (QED) is 0.799. The SMILES string of the molecule is CC1CCC(Nc2ccsc2)c2ccccc21. The molecule has 2 heteroatoms. The molecule has 17 heavy (non-hydrogen) atoms. The van der Waals surface area contributed by atoms with Gasteiger partial charge in [0.05, 0.1) is 6.04 Å². The van der Waals surface area contributed by atoms with E-state index < -0.39 is 0 Å². The van der Waals surface area contributed by atoms with Crippen LogP contribution in [0.1, 0.15) is 42.9 Å². The fourth-order valence-electron chi connectivity index (χ4n) is 2.70. The number of anilines is 1. The molecule has 1 nitrogen and oxygen atoms in total. The monoisotopic (exact) mass is 243 g/mol. The molecule has 2 unspecified atom stereocenters. The fraction of sp³-hybridized carbons (Fsp3) is 0.333. The summed E-state index contributed by atoms with van der Waals surface area (Å²) in [5.41, 5.74) is 4.26. The van der Waals surface area contributed by atoms with Crippen LogP contribution in [0.2, 0.25) is 0 Å². The van der Waals surface area contributed by atoms with Crippen molar-refractivity contribution < 1.29 is 0 Å². The van der Waals surface area contributed by atoms with Gasteiger partial charge in [-0.3, -0.25) is 0 Å². The van der Waals surface area contributed by atoms with Crippen molar-refractivity contribution in [3.05, 3.63) is 52.2 Å². The van der Waals surface area contributed by atoms with E-state index in [4.69, 9.17) is 0 Å². The van der Waals surface area contributed by atoms with Crippen molar-refractivity contribution in [3.8, 4) is 0 Å². The van der Waals surface area contributed by atoms with Crippen molar-refractivity contribution in [3.63, 3.8) is 0 Å². The van der Waals surface area contributed by atoms with Gasteiger partial charge in [0.2, 0.25) is 0 Å². The van der Waals surface area contributed by atoms with Crippen LogP contribution in [0.25, 0.3) is 0 Å². The van der Waals surface area contributed by atoms with Gasteiger partial charge in [-0.2, -0.15) is 11.3 Å². The van der Waals surface area contributed by atoms with Crippen molar-refractivity contribution in [1.29, 1.82) is 0 Å². The lowest BCUT2D eigenvalue weighted by Gasteiger charge is -2.30. The van der Waals surface area contributed by atoms with Crippen LogP contribution in [-0.4, -0.2) is 0 Å². The van der Waals surface area contributed by atoms with Gasteiger partial charge >= 0.3 is 0 Å². The molecule has 1 aromatic carbocycles. The minimum Gasteiger partial charge on any atom is -0.378 e. The number of rotatable bonds is 2. The van der Waals surface area contributed by atoms with Crippen molar-refractivity contribution in [2.24, 2.45) is 0 Å². The first-order valence-electron chi connectivity index (χ1n) is 6.22. The van der Waals surface area contributed by atoms with Gasteiger partial charge in [0, 0.05) is 11.1 Å². The van der Waals surface area contributed by atoms with Crippen LogP contribution in [0.4, 0.5) is 5.69 Å². The van der Waals surface area contributed by atoms with Crippen LogP contribution in [0.15, 0.2) is 41.1 Å². The van der Waals surface area contributed by atoms with E-state index >= 15 is 0 Å². The molecule has 2 atom stereocenters. The summed E-state index contributed by atoms with van der Waals surface area (Å²) >= 11 is 1.75. The van der Waals surface area contributed by atoms with E-state index in [1.807, 2.05) is 0 Å². The number of hydrogen-bond acceptors (Lipinski definition) is 2. The summed E-state index contributed by atoms with van der Waals surface area (Å²) in [6.45, 7) is 2.33. The van der Waals surface area contributed by atoms with Gasteiger partial charge in [0.15, 0.2) is 0 Å². The van der Waals surface area contributed by atoms with Gasteiger partial charge in [-0.15, -0.1) is 0 Å². The molecular weight excluding hydrogens is 226 g/mol. The minimum absolute atomic E-state index is 0.483. The molecule has 88 valence electrons. The number of hydrogen-bond donors (Lipinski definition) is 1. The highest BCUT2D eigenvalue weighted by Crippen LogP contribution is 2.38. The van der Waals surface area contributed by atoms with Gasteiger partial charge in [-0.05, 0) is 41.3 Å². The predicted molar refractivity (Wildman–Crippen MR) is 74.8 cm³/mol. The Kier molecular flexibility index (Phi) is 2.89. The maximum atomic E-state index is 3.65. The summed E-state index contributed by atoms with van der Waals surface area (Å²) in [5.74, 6) is 0.701. The molecule has 1 heterocycles. The predicted octanol–water partition coefficient (Wildman–Crippen LogP) is 4.80. The maximum Gasteiger partial charge on any atom is 0.0517 e. The lowest BCUT2D eigenvalue weighted by molar-refractivity contribution is 0.535. The summed E-state index contributed by atoms with van der Waals surface area (Å²) in [4.78, 5) is 0. The van der Waals surface area contributed by atoms with E-state index in [2.05, 4.69) is 53.3 Å². The van der Waals surface area contributed by atoms with Gasteiger partial charge < -0.3 is 5.32 Å². The zero-order valence-electron chi connectivity index (χ0n) is 10.0. The zero-order valence-corrected chi connectivity index (χ0v) is 10.8. The second-order valence-electron chi connectivity index (χ2n) is 4.82. The Morgan fingerprint density at radius 2 is 1.94 bits per heavy atom. The average molecular weight is 243 g/mol. The van der Waals surface area contributed by atoms with E-state index in [-0.39, 0.29) is 0 Å². The van der Waals surface area contributed by atoms with Crippen molar-refractivity contribution in [2.45, 2.75) is 31.7 Å². The van der Waals surface area contributed by atoms with Crippen LogP contribution >= 0.6 is 11.3 Å². The van der Waals surface area contributed by atoms with Gasteiger partial charge in [-0.1, -0.05) is 31.2 Å². The van der Waals surface area contributed by atoms with Crippen molar-refractivity contribution in [2.75, 3.05) is 5.32 Å². The lowest BCUT2D eigenvalue weighted by atomic mass is 9.81. The van der Waals surface area contributed by atoms with E-state index in [1.165, 1.54) is 29.7 Å². The first-order chi connectivity index (χ1) is 8.34. The van der Waals surface area contributed by atoms with Crippen LogP contribution < -0.4 is 5.32 Å². The standard InChI is InChI=1S/C15H17NS/c1-11-6-7-15(16-12-8-9-17-10-12)14-5-3-2-4-13(11)14/h2-5,8-11,15-16H,6-7H2,1H3. The van der Waals surface area contributed by atoms with E-state index in [9.17, 15) is 0 Å². The zero-order chi connectivity index (χ0) is 11.7. The molecule has 0 radical (unpaired) electrons. The topological polar surface area (TPSA) is 12.0 Å². The number of fused-ring (bicyclic) bond motifs is 1. The summed E-state index contributed by atoms with van der Waals surface area (Å²) in [6, 6.07) is 11.5. The molecule has 1 aliphatic carbocycles. The summed E-state index contributed by atoms with van der Waals surface area (Å²) in [5, 5.41) is 7.95. The molecule has 1 aliphatic rings. The van der Waals surface area contributed by atoms with Gasteiger partial charge in [-0.25, -0.2) is 0 Å². The van der Waals surface area contributed by atoms with E-state index in [0.717, 1.165) is 0 Å². The van der Waals surface area contributed by atoms with Gasteiger partial charge in [0.1, 0.15) is 0 Å². The van der Waals surface area contributed by atoms with Crippen LogP contribution in [0.5, 0.6) is 0 Å². The maximum absolute atomic E-state index is 3.65. The van der Waals surface area contributed by atoms with E-state index in [1.54, 1.807) is 11.3 Å².